The molecule has 2 nitrogen and oxygen atoms in total. The lowest BCUT2D eigenvalue weighted by atomic mass is 9.97. The minimum absolute atomic E-state index is 0.181. The van der Waals surface area contributed by atoms with Crippen molar-refractivity contribution >= 4 is 15.9 Å². The van der Waals surface area contributed by atoms with Crippen molar-refractivity contribution in [1.29, 1.82) is 0 Å². The van der Waals surface area contributed by atoms with E-state index in [2.05, 4.69) is 40.9 Å². The zero-order chi connectivity index (χ0) is 14.5. The molecule has 2 aromatic rings. The Labute approximate surface area is 128 Å². The molecule has 0 bridgehead atoms. The highest BCUT2D eigenvalue weighted by atomic mass is 79.9. The van der Waals surface area contributed by atoms with Crippen LogP contribution in [0, 0.1) is 11.7 Å². The molecular formula is C16H20BrFN2. The fourth-order valence-electron chi connectivity index (χ4n) is 2.20. The predicted octanol–water partition coefficient (Wildman–Crippen LogP) is 4.40. The summed E-state index contributed by atoms with van der Waals surface area (Å²) < 4.78 is 14.9. The topological polar surface area (TPSA) is 17.8 Å². The molecule has 0 saturated heterocycles. The molecule has 4 heteroatoms. The molecule has 1 heterocycles. The highest BCUT2D eigenvalue weighted by Crippen LogP contribution is 2.17. The van der Waals surface area contributed by atoms with E-state index in [1.54, 1.807) is 0 Å². The molecule has 1 aromatic carbocycles. The second-order valence-electron chi connectivity index (χ2n) is 5.44. The van der Waals surface area contributed by atoms with Gasteiger partial charge in [-0.25, -0.2) is 4.39 Å². The smallest absolute Gasteiger partial charge is 0.123 e. The van der Waals surface area contributed by atoms with E-state index in [4.69, 9.17) is 0 Å². The van der Waals surface area contributed by atoms with Gasteiger partial charge in [0.15, 0.2) is 0 Å². The maximum absolute atomic E-state index is 12.9. The molecule has 0 aliphatic rings. The Kier molecular flexibility index (Phi) is 5.35. The summed E-state index contributed by atoms with van der Waals surface area (Å²) in [6.45, 7) is 4.24. The third-order valence-corrected chi connectivity index (χ3v) is 4.26. The molecule has 0 radical (unpaired) electrons. The maximum Gasteiger partial charge on any atom is 0.123 e. The first kappa shape index (κ1) is 15.2. The Balaban J connectivity index is 1.99. The molecule has 0 fully saturated rings. The first-order valence-electron chi connectivity index (χ1n) is 6.93. The van der Waals surface area contributed by atoms with Crippen LogP contribution >= 0.6 is 15.9 Å². The number of hydrogen-bond donors (Lipinski definition) is 0. The van der Waals surface area contributed by atoms with Gasteiger partial charge in [-0.05, 0) is 56.4 Å². The molecule has 0 aliphatic carbocycles. The van der Waals surface area contributed by atoms with Crippen LogP contribution in [0.3, 0.4) is 0 Å². The van der Waals surface area contributed by atoms with Gasteiger partial charge in [-0.3, -0.25) is 4.68 Å². The maximum atomic E-state index is 12.9. The van der Waals surface area contributed by atoms with Crippen LogP contribution in [0.25, 0.3) is 0 Å². The van der Waals surface area contributed by atoms with Gasteiger partial charge in [-0.1, -0.05) is 28.1 Å². The normalized spacial score (nSPS) is 12.8. The van der Waals surface area contributed by atoms with Crippen molar-refractivity contribution in [3.05, 3.63) is 53.6 Å². The minimum atomic E-state index is -0.181. The number of alkyl halides is 1. The first-order chi connectivity index (χ1) is 9.58. The molecule has 2 rings (SSSR count). The van der Waals surface area contributed by atoms with E-state index in [1.807, 2.05) is 23.0 Å². The lowest BCUT2D eigenvalue weighted by Gasteiger charge is -2.13. The predicted molar refractivity (Wildman–Crippen MR) is 83.7 cm³/mol. The van der Waals surface area contributed by atoms with E-state index in [0.717, 1.165) is 23.9 Å². The van der Waals surface area contributed by atoms with Crippen molar-refractivity contribution in [2.45, 2.75) is 32.7 Å². The standard InChI is InChI=1S/C16H20BrFN2/c1-12(2)20-8-7-16(19-20)10-14(11-17)9-13-3-5-15(18)6-4-13/h3-8,12,14H,9-11H2,1-2H3. The molecule has 0 amide bonds. The van der Waals surface area contributed by atoms with Gasteiger partial charge >= 0.3 is 0 Å². The summed E-state index contributed by atoms with van der Waals surface area (Å²) >= 11 is 3.57. The van der Waals surface area contributed by atoms with Crippen LogP contribution in [0.5, 0.6) is 0 Å². The van der Waals surface area contributed by atoms with Crippen LogP contribution < -0.4 is 0 Å². The van der Waals surface area contributed by atoms with Gasteiger partial charge in [0.2, 0.25) is 0 Å². The number of rotatable bonds is 6. The van der Waals surface area contributed by atoms with Gasteiger partial charge < -0.3 is 0 Å². The highest BCUT2D eigenvalue weighted by molar-refractivity contribution is 9.09. The average Bonchev–Trinajstić information content (AvgIpc) is 2.89. The highest BCUT2D eigenvalue weighted by Gasteiger charge is 2.12. The Morgan fingerprint density at radius 2 is 1.85 bits per heavy atom. The molecule has 108 valence electrons. The average molecular weight is 339 g/mol. The van der Waals surface area contributed by atoms with E-state index in [9.17, 15) is 4.39 Å². The molecule has 1 atom stereocenters. The summed E-state index contributed by atoms with van der Waals surface area (Å²) in [5.74, 6) is 0.288. The SMILES string of the molecule is CC(C)n1ccc(CC(CBr)Cc2ccc(F)cc2)n1. The number of aromatic nitrogens is 2. The van der Waals surface area contributed by atoms with Crippen LogP contribution in [0.2, 0.25) is 0 Å². The summed E-state index contributed by atoms with van der Waals surface area (Å²) in [6.07, 6.45) is 3.89. The summed E-state index contributed by atoms with van der Waals surface area (Å²) in [4.78, 5) is 0. The summed E-state index contributed by atoms with van der Waals surface area (Å²) in [6, 6.07) is 9.24. The van der Waals surface area contributed by atoms with E-state index in [0.29, 0.717) is 12.0 Å². The second-order valence-corrected chi connectivity index (χ2v) is 6.08. The van der Waals surface area contributed by atoms with Crippen LogP contribution in [0.15, 0.2) is 36.5 Å². The van der Waals surface area contributed by atoms with Crippen molar-refractivity contribution < 1.29 is 4.39 Å². The Hall–Kier alpha value is -1.16. The number of hydrogen-bond acceptors (Lipinski definition) is 1. The number of halogens is 2. The van der Waals surface area contributed by atoms with Crippen molar-refractivity contribution in [2.75, 3.05) is 5.33 Å². The molecule has 1 aromatic heterocycles. The van der Waals surface area contributed by atoms with E-state index < -0.39 is 0 Å². The third-order valence-electron chi connectivity index (χ3n) is 3.35. The van der Waals surface area contributed by atoms with Crippen LogP contribution in [-0.2, 0) is 12.8 Å². The minimum Gasteiger partial charge on any atom is -0.270 e. The Morgan fingerprint density at radius 1 is 1.15 bits per heavy atom. The van der Waals surface area contributed by atoms with Gasteiger partial charge in [-0.15, -0.1) is 0 Å². The Morgan fingerprint density at radius 3 is 2.40 bits per heavy atom. The van der Waals surface area contributed by atoms with Crippen molar-refractivity contribution in [3.63, 3.8) is 0 Å². The molecule has 0 spiro atoms. The second kappa shape index (κ2) is 7.02. The molecule has 0 aliphatic heterocycles. The zero-order valence-electron chi connectivity index (χ0n) is 11.9. The van der Waals surface area contributed by atoms with Crippen molar-refractivity contribution in [1.82, 2.24) is 9.78 Å². The fraction of sp³-hybridized carbons (Fsp3) is 0.438. The van der Waals surface area contributed by atoms with Gasteiger partial charge in [0.25, 0.3) is 0 Å². The van der Waals surface area contributed by atoms with Crippen LogP contribution in [-0.4, -0.2) is 15.1 Å². The van der Waals surface area contributed by atoms with Gasteiger partial charge in [0.1, 0.15) is 5.82 Å². The van der Waals surface area contributed by atoms with Gasteiger partial charge in [0.05, 0.1) is 5.69 Å². The van der Waals surface area contributed by atoms with Crippen LogP contribution in [0.1, 0.15) is 31.1 Å². The third kappa shape index (κ3) is 4.17. The lowest BCUT2D eigenvalue weighted by Crippen LogP contribution is -2.11. The van der Waals surface area contributed by atoms with Gasteiger partial charge in [0, 0.05) is 17.6 Å². The number of benzene rings is 1. The van der Waals surface area contributed by atoms with E-state index in [1.165, 1.54) is 17.7 Å². The molecule has 0 saturated carbocycles. The van der Waals surface area contributed by atoms with Crippen LogP contribution in [0.4, 0.5) is 4.39 Å². The molecule has 0 N–H and O–H groups in total. The van der Waals surface area contributed by atoms with E-state index in [-0.39, 0.29) is 5.82 Å². The Bertz CT molecular complexity index is 534. The number of nitrogens with zero attached hydrogens (tertiary/aromatic N) is 2. The van der Waals surface area contributed by atoms with Crippen molar-refractivity contribution in [3.8, 4) is 0 Å². The first-order valence-corrected chi connectivity index (χ1v) is 8.05. The molecule has 1 unspecified atom stereocenters. The molecule has 20 heavy (non-hydrogen) atoms. The molecular weight excluding hydrogens is 319 g/mol. The lowest BCUT2D eigenvalue weighted by molar-refractivity contribution is 0.513. The quantitative estimate of drug-likeness (QED) is 0.714. The van der Waals surface area contributed by atoms with E-state index >= 15 is 0 Å². The van der Waals surface area contributed by atoms with Gasteiger partial charge in [-0.2, -0.15) is 5.10 Å². The monoisotopic (exact) mass is 338 g/mol. The summed E-state index contributed by atoms with van der Waals surface area (Å²) in [5, 5.41) is 5.50. The zero-order valence-corrected chi connectivity index (χ0v) is 13.5. The fourth-order valence-corrected chi connectivity index (χ4v) is 2.66. The largest absolute Gasteiger partial charge is 0.270 e. The summed E-state index contributed by atoms with van der Waals surface area (Å²) in [7, 11) is 0. The van der Waals surface area contributed by atoms with Crippen molar-refractivity contribution in [2.24, 2.45) is 5.92 Å². The summed E-state index contributed by atoms with van der Waals surface area (Å²) in [5.41, 5.74) is 2.28.